The number of carbonyl (C=O) groups is 2. The van der Waals surface area contributed by atoms with E-state index in [-0.39, 0.29) is 6.54 Å². The van der Waals surface area contributed by atoms with Gasteiger partial charge < -0.3 is 15.7 Å². The van der Waals surface area contributed by atoms with Crippen molar-refractivity contribution in [2.75, 3.05) is 0 Å². The van der Waals surface area contributed by atoms with Crippen LogP contribution in [0.2, 0.25) is 0 Å². The zero-order chi connectivity index (χ0) is 15.3. The third-order valence-corrected chi connectivity index (χ3v) is 3.92. The number of pyridine rings is 1. The SMILES string of the molecule is CC1CCCC(NC(=O)NCc2ccccn2)(C(=O)O)C1. The Labute approximate surface area is 124 Å². The van der Waals surface area contributed by atoms with Crippen molar-refractivity contribution in [3.05, 3.63) is 30.1 Å². The van der Waals surface area contributed by atoms with Crippen LogP contribution in [0.1, 0.15) is 38.3 Å². The molecule has 6 nitrogen and oxygen atoms in total. The highest BCUT2D eigenvalue weighted by Gasteiger charge is 2.43. The monoisotopic (exact) mass is 291 g/mol. The number of nitrogens with one attached hydrogen (secondary N) is 2. The fourth-order valence-electron chi connectivity index (χ4n) is 2.85. The molecule has 2 atom stereocenters. The van der Waals surface area contributed by atoms with Gasteiger partial charge >= 0.3 is 12.0 Å². The summed E-state index contributed by atoms with van der Waals surface area (Å²) in [6.45, 7) is 2.29. The first-order valence-corrected chi connectivity index (χ1v) is 7.21. The first kappa shape index (κ1) is 15.3. The average molecular weight is 291 g/mol. The third-order valence-electron chi connectivity index (χ3n) is 3.92. The second-order valence-electron chi connectivity index (χ2n) is 5.72. The molecule has 21 heavy (non-hydrogen) atoms. The lowest BCUT2D eigenvalue weighted by Gasteiger charge is -2.36. The number of amides is 2. The molecule has 0 saturated heterocycles. The molecule has 114 valence electrons. The van der Waals surface area contributed by atoms with E-state index in [1.165, 1.54) is 0 Å². The van der Waals surface area contributed by atoms with Crippen molar-refractivity contribution >= 4 is 12.0 Å². The van der Waals surface area contributed by atoms with Gasteiger partial charge in [-0.1, -0.05) is 25.8 Å². The van der Waals surface area contributed by atoms with Crippen LogP contribution in [0.4, 0.5) is 4.79 Å². The first-order valence-electron chi connectivity index (χ1n) is 7.21. The number of nitrogens with zero attached hydrogens (tertiary/aromatic N) is 1. The molecular weight excluding hydrogens is 270 g/mol. The molecule has 0 aromatic carbocycles. The third kappa shape index (κ3) is 3.93. The van der Waals surface area contributed by atoms with E-state index >= 15 is 0 Å². The van der Waals surface area contributed by atoms with Crippen LogP contribution in [-0.2, 0) is 11.3 Å². The smallest absolute Gasteiger partial charge is 0.329 e. The minimum atomic E-state index is -1.15. The second kappa shape index (κ2) is 6.56. The summed E-state index contributed by atoms with van der Waals surface area (Å²) in [5, 5.41) is 14.8. The molecule has 1 aromatic heterocycles. The number of aliphatic carboxylic acids is 1. The number of hydrogen-bond acceptors (Lipinski definition) is 3. The van der Waals surface area contributed by atoms with Crippen LogP contribution in [-0.4, -0.2) is 27.6 Å². The Kier molecular flexibility index (Phi) is 4.77. The fraction of sp³-hybridized carbons (Fsp3) is 0.533. The molecule has 2 amide bonds. The van der Waals surface area contributed by atoms with Crippen LogP contribution in [0.5, 0.6) is 0 Å². The van der Waals surface area contributed by atoms with Gasteiger partial charge in [0.2, 0.25) is 0 Å². The van der Waals surface area contributed by atoms with Gasteiger partial charge in [-0.25, -0.2) is 9.59 Å². The summed E-state index contributed by atoms with van der Waals surface area (Å²) in [4.78, 5) is 27.7. The van der Waals surface area contributed by atoms with Crippen molar-refractivity contribution in [1.82, 2.24) is 15.6 Å². The second-order valence-corrected chi connectivity index (χ2v) is 5.72. The van der Waals surface area contributed by atoms with Crippen LogP contribution in [0.25, 0.3) is 0 Å². The summed E-state index contributed by atoms with van der Waals surface area (Å²) >= 11 is 0. The Bertz CT molecular complexity index is 506. The highest BCUT2D eigenvalue weighted by molar-refractivity contribution is 5.86. The van der Waals surface area contributed by atoms with Gasteiger partial charge in [0.25, 0.3) is 0 Å². The number of urea groups is 1. The molecule has 1 aliphatic carbocycles. The summed E-state index contributed by atoms with van der Waals surface area (Å²) < 4.78 is 0. The molecular formula is C15H21N3O3. The van der Waals surface area contributed by atoms with Crippen molar-refractivity contribution in [3.63, 3.8) is 0 Å². The predicted molar refractivity (Wildman–Crippen MR) is 77.6 cm³/mol. The van der Waals surface area contributed by atoms with E-state index in [4.69, 9.17) is 0 Å². The molecule has 2 unspecified atom stereocenters. The first-order chi connectivity index (χ1) is 10.0. The van der Waals surface area contributed by atoms with Crippen LogP contribution >= 0.6 is 0 Å². The number of carbonyl (C=O) groups excluding carboxylic acids is 1. The van der Waals surface area contributed by atoms with E-state index in [2.05, 4.69) is 15.6 Å². The molecule has 0 radical (unpaired) electrons. The van der Waals surface area contributed by atoms with Crippen LogP contribution < -0.4 is 10.6 Å². The Morgan fingerprint density at radius 3 is 2.90 bits per heavy atom. The predicted octanol–water partition coefficient (Wildman–Crippen LogP) is 1.91. The minimum absolute atomic E-state index is 0.276. The summed E-state index contributed by atoms with van der Waals surface area (Å²) in [6, 6.07) is 4.98. The Morgan fingerprint density at radius 1 is 1.48 bits per heavy atom. The van der Waals surface area contributed by atoms with E-state index in [0.717, 1.165) is 18.5 Å². The lowest BCUT2D eigenvalue weighted by molar-refractivity contribution is -0.146. The molecule has 1 aromatic rings. The molecule has 6 heteroatoms. The van der Waals surface area contributed by atoms with E-state index < -0.39 is 17.5 Å². The van der Waals surface area contributed by atoms with E-state index in [1.54, 1.807) is 18.3 Å². The normalized spacial score (nSPS) is 25.1. The van der Waals surface area contributed by atoms with Gasteiger partial charge in [-0.15, -0.1) is 0 Å². The molecule has 1 aliphatic rings. The number of carboxylic acids is 1. The molecule has 0 bridgehead atoms. The van der Waals surface area contributed by atoms with Gasteiger partial charge in [-0.2, -0.15) is 0 Å². The number of rotatable bonds is 4. The van der Waals surface area contributed by atoms with Gasteiger partial charge in [0.15, 0.2) is 0 Å². The zero-order valence-corrected chi connectivity index (χ0v) is 12.1. The molecule has 1 saturated carbocycles. The van der Waals surface area contributed by atoms with Gasteiger partial charge in [-0.05, 0) is 30.9 Å². The summed E-state index contributed by atoms with van der Waals surface area (Å²) in [6.07, 6.45) is 4.42. The lowest BCUT2D eigenvalue weighted by atomic mass is 9.76. The van der Waals surface area contributed by atoms with Gasteiger partial charge in [0.05, 0.1) is 12.2 Å². The highest BCUT2D eigenvalue weighted by atomic mass is 16.4. The van der Waals surface area contributed by atoms with Gasteiger partial charge in [-0.3, -0.25) is 4.98 Å². The molecule has 1 fully saturated rings. The Morgan fingerprint density at radius 2 is 2.29 bits per heavy atom. The van der Waals surface area contributed by atoms with Crippen molar-refractivity contribution in [2.24, 2.45) is 5.92 Å². The average Bonchev–Trinajstić information content (AvgIpc) is 2.46. The Balaban J connectivity index is 1.94. The zero-order valence-electron chi connectivity index (χ0n) is 12.1. The lowest BCUT2D eigenvalue weighted by Crippen LogP contribution is -2.59. The maximum absolute atomic E-state index is 12.0. The van der Waals surface area contributed by atoms with Crippen LogP contribution in [0.3, 0.4) is 0 Å². The van der Waals surface area contributed by atoms with Crippen LogP contribution in [0.15, 0.2) is 24.4 Å². The topological polar surface area (TPSA) is 91.3 Å². The molecule has 1 heterocycles. The largest absolute Gasteiger partial charge is 0.480 e. The minimum Gasteiger partial charge on any atom is -0.480 e. The van der Waals surface area contributed by atoms with Crippen LogP contribution in [0, 0.1) is 5.92 Å². The maximum atomic E-state index is 12.0. The number of carboxylic acid groups (broad SMARTS) is 1. The van der Waals surface area contributed by atoms with Crippen molar-refractivity contribution in [2.45, 2.75) is 44.7 Å². The highest BCUT2D eigenvalue weighted by Crippen LogP contribution is 2.32. The number of hydrogen-bond donors (Lipinski definition) is 3. The fourth-order valence-corrected chi connectivity index (χ4v) is 2.85. The van der Waals surface area contributed by atoms with Gasteiger partial charge in [0.1, 0.15) is 5.54 Å². The summed E-state index contributed by atoms with van der Waals surface area (Å²) in [5.41, 5.74) is -0.416. The van der Waals surface area contributed by atoms with Crippen molar-refractivity contribution in [1.29, 1.82) is 0 Å². The van der Waals surface area contributed by atoms with E-state index in [1.807, 2.05) is 13.0 Å². The van der Waals surface area contributed by atoms with Crippen molar-refractivity contribution in [3.8, 4) is 0 Å². The molecule has 2 rings (SSSR count). The molecule has 0 aliphatic heterocycles. The molecule has 3 N–H and O–H groups in total. The Hall–Kier alpha value is -2.11. The standard InChI is InChI=1S/C15H21N3O3/c1-11-5-4-7-15(9-11,13(19)20)18-14(21)17-10-12-6-2-3-8-16-12/h2-3,6,8,11H,4-5,7,9-10H2,1H3,(H,19,20)(H2,17,18,21). The summed E-state index contributed by atoms with van der Waals surface area (Å²) in [7, 11) is 0. The van der Waals surface area contributed by atoms with E-state index in [9.17, 15) is 14.7 Å². The summed E-state index contributed by atoms with van der Waals surface area (Å²) in [5.74, 6) is -0.659. The van der Waals surface area contributed by atoms with E-state index in [0.29, 0.717) is 18.8 Å². The van der Waals surface area contributed by atoms with Crippen molar-refractivity contribution < 1.29 is 14.7 Å². The quantitative estimate of drug-likeness (QED) is 0.790. The maximum Gasteiger partial charge on any atom is 0.329 e. The van der Waals surface area contributed by atoms with Gasteiger partial charge in [0, 0.05) is 6.20 Å². The molecule has 0 spiro atoms. The number of aromatic nitrogens is 1.